The Hall–Kier alpha value is -2.00. The minimum atomic E-state index is -3.31. The molecule has 1 saturated carbocycles. The summed E-state index contributed by atoms with van der Waals surface area (Å²) >= 11 is 0. The maximum absolute atomic E-state index is 13.3. The summed E-state index contributed by atoms with van der Waals surface area (Å²) < 4.78 is 44.8. The Labute approximate surface area is 165 Å². The molecule has 0 unspecified atom stereocenters. The van der Waals surface area contributed by atoms with E-state index in [2.05, 4.69) is 20.2 Å². The van der Waals surface area contributed by atoms with Crippen LogP contribution in [0.25, 0.3) is 11.4 Å². The van der Waals surface area contributed by atoms with Crippen molar-refractivity contribution < 1.29 is 17.3 Å². The van der Waals surface area contributed by atoms with Crippen LogP contribution >= 0.6 is 0 Å². The lowest BCUT2D eigenvalue weighted by molar-refractivity contribution is 0.329. The fourth-order valence-corrected chi connectivity index (χ4v) is 4.04. The van der Waals surface area contributed by atoms with Gasteiger partial charge in [0.1, 0.15) is 5.82 Å². The Morgan fingerprint density at radius 3 is 2.57 bits per heavy atom. The predicted molar refractivity (Wildman–Crippen MR) is 106 cm³/mol. The first-order chi connectivity index (χ1) is 13.1. The van der Waals surface area contributed by atoms with Crippen molar-refractivity contribution in [3.8, 4) is 11.4 Å². The molecule has 0 atom stereocenters. The van der Waals surface area contributed by atoms with Gasteiger partial charge >= 0.3 is 6.01 Å². The Morgan fingerprint density at radius 2 is 1.93 bits per heavy atom. The smallest absolute Gasteiger partial charge is 0.322 e. The first-order valence-corrected chi connectivity index (χ1v) is 11.0. The molecule has 3 rings (SSSR count). The minimum Gasteiger partial charge on any atom is -0.335 e. The number of hydrogen-bond acceptors (Lipinski definition) is 6. The van der Waals surface area contributed by atoms with Crippen LogP contribution in [0.3, 0.4) is 0 Å². The predicted octanol–water partition coefficient (Wildman–Crippen LogP) is 3.56. The molecule has 0 amide bonds. The molecule has 0 saturated heterocycles. The molecular weight excluding hydrogens is 383 g/mol. The third-order valence-corrected chi connectivity index (χ3v) is 7.21. The van der Waals surface area contributed by atoms with Crippen LogP contribution in [0.15, 0.2) is 28.8 Å². The lowest BCUT2D eigenvalue weighted by Crippen LogP contribution is -2.42. The van der Waals surface area contributed by atoms with E-state index in [9.17, 15) is 12.8 Å². The summed E-state index contributed by atoms with van der Waals surface area (Å²) in [6.07, 6.45) is 3.60. The number of sulfonamides is 1. The second kappa shape index (κ2) is 8.16. The zero-order valence-electron chi connectivity index (χ0n) is 16.4. The first kappa shape index (κ1) is 20.7. The maximum Gasteiger partial charge on any atom is 0.322 e. The SMILES string of the molecule is CC(C)(C)S(=O)(=O)NC[C@H]1CC[C@H](Nc2nc(-c3cccc(F)c3)no2)CC1. The highest BCUT2D eigenvalue weighted by Crippen LogP contribution is 2.27. The molecule has 9 heteroatoms. The molecule has 0 spiro atoms. The molecule has 1 fully saturated rings. The van der Waals surface area contributed by atoms with E-state index >= 15 is 0 Å². The van der Waals surface area contributed by atoms with Crippen LogP contribution < -0.4 is 10.0 Å². The average Bonchev–Trinajstić information content (AvgIpc) is 3.09. The van der Waals surface area contributed by atoms with E-state index in [0.29, 0.717) is 29.9 Å². The van der Waals surface area contributed by atoms with E-state index in [4.69, 9.17) is 4.52 Å². The second-order valence-electron chi connectivity index (χ2n) is 8.26. The molecule has 2 aromatic rings. The van der Waals surface area contributed by atoms with Gasteiger partial charge in [-0.1, -0.05) is 17.3 Å². The summed E-state index contributed by atoms with van der Waals surface area (Å²) in [5.74, 6) is 0.310. The van der Waals surface area contributed by atoms with Gasteiger partial charge in [0, 0.05) is 18.2 Å². The fourth-order valence-electron chi connectivity index (χ4n) is 3.16. The summed E-state index contributed by atoms with van der Waals surface area (Å²) in [6, 6.07) is 6.55. The molecule has 0 radical (unpaired) electrons. The highest BCUT2D eigenvalue weighted by atomic mass is 32.2. The zero-order valence-corrected chi connectivity index (χ0v) is 17.2. The largest absolute Gasteiger partial charge is 0.335 e. The molecular formula is C19H27FN4O3S. The van der Waals surface area contributed by atoms with Gasteiger partial charge in [-0.25, -0.2) is 17.5 Å². The normalized spacial score (nSPS) is 20.9. The van der Waals surface area contributed by atoms with Crippen LogP contribution in [0.1, 0.15) is 46.5 Å². The highest BCUT2D eigenvalue weighted by Gasteiger charge is 2.30. The van der Waals surface area contributed by atoms with E-state index in [1.165, 1.54) is 12.1 Å². The lowest BCUT2D eigenvalue weighted by atomic mass is 9.86. The molecule has 1 heterocycles. The topological polar surface area (TPSA) is 97.1 Å². The molecule has 1 aliphatic carbocycles. The number of rotatable bonds is 6. The van der Waals surface area contributed by atoms with Crippen molar-refractivity contribution in [3.05, 3.63) is 30.1 Å². The summed E-state index contributed by atoms with van der Waals surface area (Å²) in [5, 5.41) is 7.13. The third kappa shape index (κ3) is 5.08. The number of hydrogen-bond donors (Lipinski definition) is 2. The molecule has 1 aliphatic rings. The Balaban J connectivity index is 1.49. The number of nitrogens with one attached hydrogen (secondary N) is 2. The number of nitrogens with zero attached hydrogens (tertiary/aromatic N) is 2. The Morgan fingerprint density at radius 1 is 1.21 bits per heavy atom. The van der Waals surface area contributed by atoms with E-state index in [1.807, 2.05) is 0 Å². The van der Waals surface area contributed by atoms with Crippen LogP contribution in [0, 0.1) is 11.7 Å². The quantitative estimate of drug-likeness (QED) is 0.756. The highest BCUT2D eigenvalue weighted by molar-refractivity contribution is 7.90. The van der Waals surface area contributed by atoms with Gasteiger partial charge in [0.05, 0.1) is 4.75 Å². The fraction of sp³-hybridized carbons (Fsp3) is 0.579. The van der Waals surface area contributed by atoms with Gasteiger partial charge in [-0.3, -0.25) is 0 Å². The Kier molecular flexibility index (Phi) is 6.04. The zero-order chi connectivity index (χ0) is 20.4. The summed E-state index contributed by atoms with van der Waals surface area (Å²) in [6.45, 7) is 5.55. The van der Waals surface area contributed by atoms with Crippen molar-refractivity contribution in [1.29, 1.82) is 0 Å². The third-order valence-electron chi connectivity index (χ3n) is 5.05. The molecule has 7 nitrogen and oxygen atoms in total. The van der Waals surface area contributed by atoms with Crippen LogP contribution in [0.2, 0.25) is 0 Å². The van der Waals surface area contributed by atoms with Crippen molar-refractivity contribution in [3.63, 3.8) is 0 Å². The van der Waals surface area contributed by atoms with Crippen LogP contribution in [0.5, 0.6) is 0 Å². The van der Waals surface area contributed by atoms with Gasteiger partial charge in [-0.05, 0) is 64.5 Å². The van der Waals surface area contributed by atoms with Gasteiger partial charge in [0.25, 0.3) is 0 Å². The van der Waals surface area contributed by atoms with Gasteiger partial charge in [0.2, 0.25) is 15.8 Å². The molecule has 1 aromatic carbocycles. The molecule has 0 aliphatic heterocycles. The van der Waals surface area contributed by atoms with Crippen LogP contribution in [-0.4, -0.2) is 35.9 Å². The first-order valence-electron chi connectivity index (χ1n) is 9.49. The number of anilines is 1. The lowest BCUT2D eigenvalue weighted by Gasteiger charge is -2.29. The number of halogens is 1. The molecule has 2 N–H and O–H groups in total. The van der Waals surface area contributed by atoms with E-state index in [1.54, 1.807) is 32.9 Å². The molecule has 28 heavy (non-hydrogen) atoms. The van der Waals surface area contributed by atoms with Crippen molar-refractivity contribution in [1.82, 2.24) is 14.9 Å². The number of aromatic nitrogens is 2. The molecule has 154 valence electrons. The standard InChI is InChI=1S/C19H27FN4O3S/c1-19(2,3)28(25,26)21-12-13-7-9-16(10-8-13)22-18-23-17(24-27-18)14-5-4-6-15(20)11-14/h4-6,11,13,16,21H,7-10,12H2,1-3H3,(H,22,23,24)/t13-,16-. The van der Waals surface area contributed by atoms with Crippen LogP contribution in [0.4, 0.5) is 10.4 Å². The average molecular weight is 411 g/mol. The summed E-state index contributed by atoms with van der Waals surface area (Å²) in [4.78, 5) is 4.28. The monoisotopic (exact) mass is 410 g/mol. The van der Waals surface area contributed by atoms with Crippen molar-refractivity contribution in [2.24, 2.45) is 5.92 Å². The van der Waals surface area contributed by atoms with E-state index in [0.717, 1.165) is 25.7 Å². The van der Waals surface area contributed by atoms with Crippen molar-refractivity contribution in [2.75, 3.05) is 11.9 Å². The van der Waals surface area contributed by atoms with Crippen LogP contribution in [-0.2, 0) is 10.0 Å². The summed E-state index contributed by atoms with van der Waals surface area (Å²) in [5.41, 5.74) is 0.562. The van der Waals surface area contributed by atoms with Gasteiger partial charge in [0.15, 0.2) is 0 Å². The van der Waals surface area contributed by atoms with E-state index < -0.39 is 14.8 Å². The molecule has 0 bridgehead atoms. The van der Waals surface area contributed by atoms with Gasteiger partial charge in [-0.15, -0.1) is 0 Å². The minimum absolute atomic E-state index is 0.191. The molecule has 1 aromatic heterocycles. The second-order valence-corrected chi connectivity index (χ2v) is 10.8. The van der Waals surface area contributed by atoms with Gasteiger partial charge < -0.3 is 9.84 Å². The van der Waals surface area contributed by atoms with Crippen molar-refractivity contribution >= 4 is 16.0 Å². The summed E-state index contributed by atoms with van der Waals surface area (Å²) in [7, 11) is -3.31. The maximum atomic E-state index is 13.3. The number of benzene rings is 1. The van der Waals surface area contributed by atoms with Crippen molar-refractivity contribution in [2.45, 2.75) is 57.2 Å². The van der Waals surface area contributed by atoms with E-state index in [-0.39, 0.29) is 11.9 Å². The Bertz CT molecular complexity index is 900. The van der Waals surface area contributed by atoms with Gasteiger partial charge in [-0.2, -0.15) is 4.98 Å².